The predicted octanol–water partition coefficient (Wildman–Crippen LogP) is 3.81. The molecule has 10 heteroatoms. The first kappa shape index (κ1) is 25.3. The fraction of sp³-hybridized carbons (Fsp3) is 0.407. The molecule has 3 N–H and O–H groups in total. The molecule has 1 aliphatic carbocycles. The number of H-pyrrole nitrogens is 1. The number of nitrogens with one attached hydrogen (secondary N) is 3. The number of pyridine rings is 2. The van der Waals surface area contributed by atoms with Gasteiger partial charge in [0.05, 0.1) is 11.8 Å². The molecule has 8 nitrogen and oxygen atoms in total. The molecule has 0 radical (unpaired) electrons. The van der Waals surface area contributed by atoms with Crippen LogP contribution in [0.5, 0.6) is 5.88 Å². The Kier molecular flexibility index (Phi) is 7.73. The topological polar surface area (TPSA) is 113 Å². The van der Waals surface area contributed by atoms with Gasteiger partial charge in [0.25, 0.3) is 11.8 Å². The first-order valence-electron chi connectivity index (χ1n) is 12.6. The van der Waals surface area contributed by atoms with Crippen molar-refractivity contribution in [3.05, 3.63) is 69.9 Å². The Morgan fingerprint density at radius 1 is 0.946 bits per heavy atom. The Labute approximate surface area is 217 Å². The van der Waals surface area contributed by atoms with Gasteiger partial charge < -0.3 is 20.4 Å². The van der Waals surface area contributed by atoms with E-state index in [-0.39, 0.29) is 41.1 Å². The van der Waals surface area contributed by atoms with E-state index in [4.69, 9.17) is 4.74 Å². The standard InChI is InChI=1S/C27H29FN4O4S/c28-16-13-22(27(29-15-16)36-19-9-11-37-12-10-19)26(35)31-18-7-5-17(6-8-18)30-25(34)21-14-24(33)32-23-4-2-1-3-20(21)23/h1-4,13-15,17-19H,5-12H2,(H,30,34)(H,31,35)(H,32,33). The molecule has 1 aromatic carbocycles. The summed E-state index contributed by atoms with van der Waals surface area (Å²) in [6, 6.07) is 9.51. The van der Waals surface area contributed by atoms with E-state index in [0.717, 1.165) is 30.5 Å². The Hall–Kier alpha value is -3.40. The van der Waals surface area contributed by atoms with Gasteiger partial charge in [0.2, 0.25) is 11.4 Å². The molecule has 3 heterocycles. The summed E-state index contributed by atoms with van der Waals surface area (Å²) in [7, 11) is 0. The van der Waals surface area contributed by atoms with E-state index in [1.165, 1.54) is 12.1 Å². The van der Waals surface area contributed by atoms with E-state index in [1.807, 2.05) is 17.8 Å². The molecule has 2 amide bonds. The molecule has 5 rings (SSSR count). The maximum absolute atomic E-state index is 13.9. The first-order chi connectivity index (χ1) is 18.0. The number of thioether (sulfide) groups is 1. The van der Waals surface area contributed by atoms with E-state index in [1.54, 1.807) is 18.2 Å². The molecule has 0 spiro atoms. The molecule has 2 aliphatic rings. The van der Waals surface area contributed by atoms with Crippen molar-refractivity contribution >= 4 is 34.5 Å². The zero-order valence-corrected chi connectivity index (χ0v) is 21.1. The SMILES string of the molecule is O=C(NC1CCC(NC(=O)c2cc(=O)[nH]c3ccccc23)CC1)c1cc(F)cnc1OC1CCSCC1. The van der Waals surface area contributed by atoms with Crippen LogP contribution in [0.1, 0.15) is 59.2 Å². The Bertz CT molecular complexity index is 1350. The van der Waals surface area contributed by atoms with Crippen molar-refractivity contribution in [2.24, 2.45) is 0 Å². The third-order valence-electron chi connectivity index (χ3n) is 6.90. The number of hydrogen-bond donors (Lipinski definition) is 3. The Morgan fingerprint density at radius 3 is 2.30 bits per heavy atom. The van der Waals surface area contributed by atoms with Crippen molar-refractivity contribution in [3.63, 3.8) is 0 Å². The lowest BCUT2D eigenvalue weighted by Gasteiger charge is -2.30. The maximum Gasteiger partial charge on any atom is 0.257 e. The van der Waals surface area contributed by atoms with Gasteiger partial charge in [0.1, 0.15) is 17.5 Å². The van der Waals surface area contributed by atoms with Crippen LogP contribution >= 0.6 is 11.8 Å². The van der Waals surface area contributed by atoms with Crippen LogP contribution in [-0.4, -0.2) is 51.5 Å². The van der Waals surface area contributed by atoms with Gasteiger partial charge in [-0.3, -0.25) is 14.4 Å². The number of nitrogens with zero attached hydrogens (tertiary/aromatic N) is 1. The van der Waals surface area contributed by atoms with Crippen molar-refractivity contribution < 1.29 is 18.7 Å². The number of ether oxygens (including phenoxy) is 1. The van der Waals surface area contributed by atoms with Gasteiger partial charge in [-0.1, -0.05) is 18.2 Å². The van der Waals surface area contributed by atoms with E-state index < -0.39 is 11.7 Å². The lowest BCUT2D eigenvalue weighted by molar-refractivity contribution is 0.0886. The third kappa shape index (κ3) is 6.12. The molecule has 2 fully saturated rings. The summed E-state index contributed by atoms with van der Waals surface area (Å²) in [5, 5.41) is 6.71. The largest absolute Gasteiger partial charge is 0.474 e. The molecule has 1 aliphatic heterocycles. The number of hydrogen-bond acceptors (Lipinski definition) is 6. The summed E-state index contributed by atoms with van der Waals surface area (Å²) in [6.07, 6.45) is 5.44. The van der Waals surface area contributed by atoms with Crippen LogP contribution in [-0.2, 0) is 0 Å². The second kappa shape index (κ2) is 11.3. The number of rotatable bonds is 6. The minimum absolute atomic E-state index is 0.0258. The predicted molar refractivity (Wildman–Crippen MR) is 141 cm³/mol. The molecule has 0 bridgehead atoms. The van der Waals surface area contributed by atoms with E-state index in [2.05, 4.69) is 20.6 Å². The monoisotopic (exact) mass is 524 g/mol. The third-order valence-corrected chi connectivity index (χ3v) is 7.95. The van der Waals surface area contributed by atoms with Gasteiger partial charge in [0, 0.05) is 29.1 Å². The number of fused-ring (bicyclic) bond motifs is 1. The molecule has 1 saturated carbocycles. The van der Waals surface area contributed by atoms with E-state index in [9.17, 15) is 18.8 Å². The highest BCUT2D eigenvalue weighted by Crippen LogP contribution is 2.26. The zero-order valence-electron chi connectivity index (χ0n) is 20.3. The number of amides is 2. The maximum atomic E-state index is 13.9. The molecule has 1 saturated heterocycles. The number of carbonyl (C=O) groups excluding carboxylic acids is 2. The highest BCUT2D eigenvalue weighted by Gasteiger charge is 2.27. The van der Waals surface area contributed by atoms with Crippen LogP contribution in [0.2, 0.25) is 0 Å². The van der Waals surface area contributed by atoms with Gasteiger partial charge in [-0.05, 0) is 62.2 Å². The fourth-order valence-corrected chi connectivity index (χ4v) is 6.00. The average molecular weight is 525 g/mol. The van der Waals surface area contributed by atoms with Crippen molar-refractivity contribution in [1.29, 1.82) is 0 Å². The van der Waals surface area contributed by atoms with Crippen molar-refractivity contribution in [2.45, 2.75) is 56.7 Å². The Morgan fingerprint density at radius 2 is 1.59 bits per heavy atom. The quantitative estimate of drug-likeness (QED) is 0.452. The normalized spacial score (nSPS) is 20.4. The number of halogens is 1. The smallest absolute Gasteiger partial charge is 0.257 e. The number of aromatic nitrogens is 2. The number of benzene rings is 1. The van der Waals surface area contributed by atoms with Crippen molar-refractivity contribution in [3.8, 4) is 5.88 Å². The molecule has 194 valence electrons. The van der Waals surface area contributed by atoms with Crippen LogP contribution in [0.15, 0.2) is 47.4 Å². The first-order valence-corrected chi connectivity index (χ1v) is 13.8. The molecular weight excluding hydrogens is 495 g/mol. The summed E-state index contributed by atoms with van der Waals surface area (Å²) < 4.78 is 19.9. The average Bonchev–Trinajstić information content (AvgIpc) is 2.91. The highest BCUT2D eigenvalue weighted by molar-refractivity contribution is 7.99. The van der Waals surface area contributed by atoms with Crippen LogP contribution in [0, 0.1) is 5.82 Å². The minimum atomic E-state index is -0.588. The molecule has 2 aromatic heterocycles. The molecule has 0 atom stereocenters. The van der Waals surface area contributed by atoms with Gasteiger partial charge in [-0.2, -0.15) is 11.8 Å². The number of carbonyl (C=O) groups is 2. The van der Waals surface area contributed by atoms with Crippen LogP contribution in [0.25, 0.3) is 10.9 Å². The molecule has 3 aromatic rings. The van der Waals surface area contributed by atoms with E-state index in [0.29, 0.717) is 42.1 Å². The van der Waals surface area contributed by atoms with Gasteiger partial charge >= 0.3 is 0 Å². The zero-order chi connectivity index (χ0) is 25.8. The summed E-state index contributed by atoms with van der Waals surface area (Å²) >= 11 is 1.87. The highest BCUT2D eigenvalue weighted by atomic mass is 32.2. The van der Waals surface area contributed by atoms with Gasteiger partial charge in [-0.25, -0.2) is 9.37 Å². The van der Waals surface area contributed by atoms with Crippen LogP contribution in [0.3, 0.4) is 0 Å². The summed E-state index contributed by atoms with van der Waals surface area (Å²) in [5.41, 5.74) is 0.740. The lowest BCUT2D eigenvalue weighted by Crippen LogP contribution is -2.44. The molecular formula is C27H29FN4O4S. The van der Waals surface area contributed by atoms with Gasteiger partial charge in [0.15, 0.2) is 0 Å². The fourth-order valence-electron chi connectivity index (χ4n) is 4.94. The molecule has 37 heavy (non-hydrogen) atoms. The van der Waals surface area contributed by atoms with Crippen molar-refractivity contribution in [1.82, 2.24) is 20.6 Å². The molecule has 0 unspecified atom stereocenters. The second-order valence-electron chi connectivity index (χ2n) is 9.52. The number of para-hydroxylation sites is 1. The van der Waals surface area contributed by atoms with Crippen LogP contribution in [0.4, 0.5) is 4.39 Å². The summed E-state index contributed by atoms with van der Waals surface area (Å²) in [4.78, 5) is 44.8. The Balaban J connectivity index is 1.18. The van der Waals surface area contributed by atoms with Gasteiger partial charge in [-0.15, -0.1) is 0 Å². The van der Waals surface area contributed by atoms with Crippen LogP contribution < -0.4 is 20.9 Å². The number of aromatic amines is 1. The summed E-state index contributed by atoms with van der Waals surface area (Å²) in [6.45, 7) is 0. The van der Waals surface area contributed by atoms with Crippen molar-refractivity contribution in [2.75, 3.05) is 11.5 Å². The second-order valence-corrected chi connectivity index (χ2v) is 10.7. The summed E-state index contributed by atoms with van der Waals surface area (Å²) in [5.74, 6) is 0.865. The van der Waals surface area contributed by atoms with E-state index >= 15 is 0 Å². The minimum Gasteiger partial charge on any atom is -0.474 e. The lowest BCUT2D eigenvalue weighted by atomic mass is 9.90.